The summed E-state index contributed by atoms with van der Waals surface area (Å²) in [6.45, 7) is 2.32. The second-order valence-corrected chi connectivity index (χ2v) is 6.06. The fourth-order valence-electron chi connectivity index (χ4n) is 2.82. The molecule has 2 atom stereocenters. The summed E-state index contributed by atoms with van der Waals surface area (Å²) in [6.07, 6.45) is -0.565. The van der Waals surface area contributed by atoms with E-state index < -0.39 is 24.2 Å². The fourth-order valence-corrected chi connectivity index (χ4v) is 2.82. The van der Waals surface area contributed by atoms with Gasteiger partial charge < -0.3 is 10.6 Å². The summed E-state index contributed by atoms with van der Waals surface area (Å²) >= 11 is 0. The van der Waals surface area contributed by atoms with Crippen LogP contribution in [0.3, 0.4) is 0 Å². The van der Waals surface area contributed by atoms with E-state index in [-0.39, 0.29) is 12.8 Å². The van der Waals surface area contributed by atoms with Crippen molar-refractivity contribution in [2.24, 2.45) is 5.92 Å². The van der Waals surface area contributed by atoms with Crippen molar-refractivity contribution >= 4 is 6.03 Å². The first-order chi connectivity index (χ1) is 10.8. The molecule has 4 nitrogen and oxygen atoms in total. The number of rotatable bonds is 4. The lowest BCUT2D eigenvalue weighted by Gasteiger charge is -2.31. The van der Waals surface area contributed by atoms with Gasteiger partial charge in [-0.25, -0.2) is 4.79 Å². The third-order valence-electron chi connectivity index (χ3n) is 4.14. The number of pyridine rings is 1. The number of nitrogens with zero attached hydrogens (tertiary/aromatic N) is 1. The van der Waals surface area contributed by atoms with Crippen molar-refractivity contribution in [3.8, 4) is 0 Å². The average molecular weight is 329 g/mol. The average Bonchev–Trinajstić information content (AvgIpc) is 2.49. The van der Waals surface area contributed by atoms with Crippen molar-refractivity contribution in [2.75, 3.05) is 6.54 Å². The highest BCUT2D eigenvalue weighted by Gasteiger charge is 2.42. The maximum Gasteiger partial charge on any atom is 0.391 e. The Kier molecular flexibility index (Phi) is 5.85. The Hall–Kier alpha value is -1.79. The Morgan fingerprint density at radius 3 is 2.78 bits per heavy atom. The maximum absolute atomic E-state index is 12.7. The van der Waals surface area contributed by atoms with Crippen LogP contribution in [0.15, 0.2) is 18.3 Å². The van der Waals surface area contributed by atoms with Crippen LogP contribution in [0.1, 0.15) is 36.9 Å². The molecule has 1 saturated carbocycles. The molecule has 0 bridgehead atoms. The van der Waals surface area contributed by atoms with Crippen LogP contribution in [-0.2, 0) is 6.42 Å². The molecule has 0 spiro atoms. The quantitative estimate of drug-likeness (QED) is 0.890. The first-order valence-electron chi connectivity index (χ1n) is 7.87. The summed E-state index contributed by atoms with van der Waals surface area (Å²) in [5, 5.41) is 5.34. The second kappa shape index (κ2) is 7.66. The molecule has 128 valence electrons. The second-order valence-electron chi connectivity index (χ2n) is 6.06. The number of alkyl halides is 3. The van der Waals surface area contributed by atoms with Gasteiger partial charge in [0.2, 0.25) is 0 Å². The van der Waals surface area contributed by atoms with Crippen LogP contribution >= 0.6 is 0 Å². The summed E-state index contributed by atoms with van der Waals surface area (Å²) in [5.74, 6) is -1.31. The maximum atomic E-state index is 12.7. The van der Waals surface area contributed by atoms with E-state index in [1.54, 1.807) is 6.20 Å². The Balaban J connectivity index is 1.71. The largest absolute Gasteiger partial charge is 0.391 e. The lowest BCUT2D eigenvalue weighted by atomic mass is 9.85. The Morgan fingerprint density at radius 2 is 2.13 bits per heavy atom. The highest BCUT2D eigenvalue weighted by Crippen LogP contribution is 2.37. The van der Waals surface area contributed by atoms with Crippen molar-refractivity contribution in [3.05, 3.63) is 29.6 Å². The van der Waals surface area contributed by atoms with E-state index in [0.717, 1.165) is 11.3 Å². The van der Waals surface area contributed by atoms with Crippen LogP contribution in [0.25, 0.3) is 0 Å². The van der Waals surface area contributed by atoms with E-state index in [1.807, 2.05) is 19.1 Å². The molecule has 2 N–H and O–H groups in total. The number of aryl methyl sites for hydroxylation is 1. The lowest BCUT2D eigenvalue weighted by Crippen LogP contribution is -2.46. The predicted octanol–water partition coefficient (Wildman–Crippen LogP) is 3.35. The summed E-state index contributed by atoms with van der Waals surface area (Å²) in [5.41, 5.74) is 1.93. The molecule has 7 heteroatoms. The monoisotopic (exact) mass is 329 g/mol. The van der Waals surface area contributed by atoms with E-state index in [1.165, 1.54) is 0 Å². The highest BCUT2D eigenvalue weighted by atomic mass is 19.4. The minimum absolute atomic E-state index is 0.0290. The zero-order valence-corrected chi connectivity index (χ0v) is 13.1. The van der Waals surface area contributed by atoms with Gasteiger partial charge in [0.1, 0.15) is 0 Å². The molecule has 0 radical (unpaired) electrons. The summed E-state index contributed by atoms with van der Waals surface area (Å²) in [6, 6.07) is 3.03. The van der Waals surface area contributed by atoms with E-state index in [9.17, 15) is 18.0 Å². The number of nitrogens with one attached hydrogen (secondary N) is 2. The minimum Gasteiger partial charge on any atom is -0.338 e. The van der Waals surface area contributed by atoms with Gasteiger partial charge in [0.05, 0.1) is 5.92 Å². The van der Waals surface area contributed by atoms with Gasteiger partial charge in [-0.05, 0) is 44.2 Å². The van der Waals surface area contributed by atoms with Crippen LogP contribution in [0.4, 0.5) is 18.0 Å². The van der Waals surface area contributed by atoms with Gasteiger partial charge in [0, 0.05) is 24.5 Å². The van der Waals surface area contributed by atoms with Crippen LogP contribution in [0, 0.1) is 12.8 Å². The van der Waals surface area contributed by atoms with Crippen molar-refractivity contribution in [1.29, 1.82) is 0 Å². The fraction of sp³-hybridized carbons (Fsp3) is 0.625. The number of amides is 2. The number of carbonyl (C=O) groups excluding carboxylic acids is 1. The molecule has 2 rings (SSSR count). The minimum atomic E-state index is -4.17. The molecule has 23 heavy (non-hydrogen) atoms. The number of hydrogen-bond donors (Lipinski definition) is 2. The number of halogens is 3. The van der Waals surface area contributed by atoms with Crippen LogP contribution in [0.2, 0.25) is 0 Å². The van der Waals surface area contributed by atoms with Crippen LogP contribution in [-0.4, -0.2) is 29.8 Å². The molecule has 2 amide bonds. The highest BCUT2D eigenvalue weighted by molar-refractivity contribution is 5.74. The predicted molar refractivity (Wildman–Crippen MR) is 81.0 cm³/mol. The number of hydrogen-bond acceptors (Lipinski definition) is 2. The van der Waals surface area contributed by atoms with Crippen molar-refractivity contribution in [1.82, 2.24) is 15.6 Å². The molecule has 0 saturated heterocycles. The van der Waals surface area contributed by atoms with Gasteiger partial charge in [0.25, 0.3) is 0 Å². The molecular formula is C16H22F3N3O. The van der Waals surface area contributed by atoms with E-state index in [2.05, 4.69) is 15.6 Å². The Labute approximate surface area is 133 Å². The van der Waals surface area contributed by atoms with Crippen LogP contribution < -0.4 is 10.6 Å². The first-order valence-corrected chi connectivity index (χ1v) is 7.87. The van der Waals surface area contributed by atoms with Gasteiger partial charge in [-0.2, -0.15) is 13.2 Å². The summed E-state index contributed by atoms with van der Waals surface area (Å²) in [4.78, 5) is 16.0. The molecule has 1 aliphatic rings. The van der Waals surface area contributed by atoms with Gasteiger partial charge in [-0.1, -0.05) is 12.5 Å². The molecule has 1 fully saturated rings. The molecule has 1 heterocycles. The smallest absolute Gasteiger partial charge is 0.338 e. The molecule has 0 unspecified atom stereocenters. The topological polar surface area (TPSA) is 54.0 Å². The molecule has 1 aromatic heterocycles. The molecular weight excluding hydrogens is 307 g/mol. The van der Waals surface area contributed by atoms with E-state index in [0.29, 0.717) is 25.8 Å². The molecule has 1 aliphatic carbocycles. The van der Waals surface area contributed by atoms with Gasteiger partial charge in [-0.15, -0.1) is 0 Å². The number of carbonyl (C=O) groups is 1. The summed E-state index contributed by atoms with van der Waals surface area (Å²) < 4.78 is 38.2. The Bertz CT molecular complexity index is 516. The van der Waals surface area contributed by atoms with Crippen molar-refractivity contribution < 1.29 is 18.0 Å². The van der Waals surface area contributed by atoms with Gasteiger partial charge in [0.15, 0.2) is 0 Å². The summed E-state index contributed by atoms with van der Waals surface area (Å²) in [7, 11) is 0. The third kappa shape index (κ3) is 5.73. The number of aromatic nitrogens is 1. The van der Waals surface area contributed by atoms with E-state index in [4.69, 9.17) is 0 Å². The lowest BCUT2D eigenvalue weighted by molar-refractivity contribution is -0.183. The third-order valence-corrected chi connectivity index (χ3v) is 4.14. The van der Waals surface area contributed by atoms with E-state index >= 15 is 0 Å². The van der Waals surface area contributed by atoms with Crippen molar-refractivity contribution in [2.45, 2.75) is 51.2 Å². The van der Waals surface area contributed by atoms with Crippen LogP contribution in [0.5, 0.6) is 0 Å². The zero-order valence-electron chi connectivity index (χ0n) is 13.1. The number of urea groups is 1. The molecule has 0 aromatic carbocycles. The first kappa shape index (κ1) is 17.6. The van der Waals surface area contributed by atoms with Gasteiger partial charge in [-0.3, -0.25) is 4.98 Å². The van der Waals surface area contributed by atoms with Gasteiger partial charge >= 0.3 is 12.2 Å². The van der Waals surface area contributed by atoms with Crippen molar-refractivity contribution in [3.63, 3.8) is 0 Å². The zero-order chi connectivity index (χ0) is 16.9. The normalized spacial score (nSPS) is 21.7. The standard InChI is InChI=1S/C16H22F3N3O/c1-11-5-6-12(10-21-11)7-8-20-15(23)22-14-4-2-3-13(9-14)16(17,18)19/h5-6,10,13-14H,2-4,7-9H2,1H3,(H2,20,22,23)/t13-,14+/m1/s1. The molecule has 0 aliphatic heterocycles. The Morgan fingerprint density at radius 1 is 1.35 bits per heavy atom. The SMILES string of the molecule is Cc1ccc(CCNC(=O)N[C@H]2CCC[C@@H](C(F)(F)F)C2)cn1. The molecule has 1 aromatic rings.